The van der Waals surface area contributed by atoms with Crippen molar-refractivity contribution in [3.63, 3.8) is 0 Å². The number of fused-ring (bicyclic) bond motifs is 3. The molecule has 0 N–H and O–H groups in total. The van der Waals surface area contributed by atoms with Gasteiger partial charge in [0.2, 0.25) is 11.4 Å². The molecule has 0 bridgehead atoms. The van der Waals surface area contributed by atoms with Crippen molar-refractivity contribution in [2.75, 3.05) is 0 Å². The van der Waals surface area contributed by atoms with E-state index in [-0.39, 0.29) is 5.82 Å². The lowest BCUT2D eigenvalue weighted by molar-refractivity contribution is -0.660. The van der Waals surface area contributed by atoms with Crippen molar-refractivity contribution in [1.29, 1.82) is 0 Å². The molecular weight excluding hydrogens is 387 g/mol. The maximum atomic E-state index is 13.8. The number of pyridine rings is 2. The molecule has 0 saturated heterocycles. The highest BCUT2D eigenvalue weighted by Gasteiger charge is 2.22. The zero-order valence-electron chi connectivity index (χ0n) is 18.1. The van der Waals surface area contributed by atoms with Gasteiger partial charge >= 0.3 is 0 Å². The number of aryl methyl sites for hydroxylation is 2. The summed E-state index contributed by atoms with van der Waals surface area (Å²) in [5, 5.41) is 2.07. The molecule has 0 amide bonds. The third-order valence-electron chi connectivity index (χ3n) is 5.89. The van der Waals surface area contributed by atoms with Gasteiger partial charge in [-0.25, -0.2) is 13.9 Å². The third-order valence-corrected chi connectivity index (χ3v) is 5.89. The molecule has 0 aliphatic carbocycles. The molecule has 5 aromatic rings. The van der Waals surface area contributed by atoms with Crippen molar-refractivity contribution >= 4 is 22.1 Å². The highest BCUT2D eigenvalue weighted by Crippen LogP contribution is 2.37. The number of aromatic nitrogens is 2. The van der Waals surface area contributed by atoms with E-state index in [2.05, 4.69) is 55.7 Å². The van der Waals surface area contributed by atoms with Crippen LogP contribution in [0.2, 0.25) is 0 Å². The van der Waals surface area contributed by atoms with E-state index in [0.29, 0.717) is 11.6 Å². The van der Waals surface area contributed by atoms with E-state index in [1.165, 1.54) is 6.07 Å². The normalized spacial score (nSPS) is 11.7. The van der Waals surface area contributed by atoms with Crippen LogP contribution in [0, 0.1) is 12.7 Å². The predicted octanol–water partition coefficient (Wildman–Crippen LogP) is 6.71. The molecular formula is C27H24FN2O+. The minimum Gasteiger partial charge on any atom is -0.437 e. The van der Waals surface area contributed by atoms with Crippen LogP contribution in [0.25, 0.3) is 44.5 Å². The first-order valence-corrected chi connectivity index (χ1v) is 10.5. The molecule has 0 fully saturated rings. The van der Waals surface area contributed by atoms with Crippen LogP contribution in [0.3, 0.4) is 0 Å². The second-order valence-corrected chi connectivity index (χ2v) is 8.40. The Labute approximate surface area is 180 Å². The van der Waals surface area contributed by atoms with Crippen LogP contribution in [-0.4, -0.2) is 4.98 Å². The topological polar surface area (TPSA) is 29.9 Å². The van der Waals surface area contributed by atoms with Gasteiger partial charge in [-0.15, -0.1) is 0 Å². The lowest BCUT2D eigenvalue weighted by atomic mass is 9.98. The van der Waals surface area contributed by atoms with Crippen LogP contribution < -0.4 is 4.57 Å². The van der Waals surface area contributed by atoms with Crippen molar-refractivity contribution in [3.8, 4) is 22.4 Å². The zero-order valence-corrected chi connectivity index (χ0v) is 18.1. The van der Waals surface area contributed by atoms with E-state index >= 15 is 0 Å². The summed E-state index contributed by atoms with van der Waals surface area (Å²) >= 11 is 0. The maximum absolute atomic E-state index is 13.8. The van der Waals surface area contributed by atoms with Gasteiger partial charge in [-0.2, -0.15) is 0 Å². The summed E-state index contributed by atoms with van der Waals surface area (Å²) < 4.78 is 22.2. The number of furan rings is 1. The fourth-order valence-electron chi connectivity index (χ4n) is 4.14. The first-order chi connectivity index (χ1) is 14.9. The van der Waals surface area contributed by atoms with E-state index < -0.39 is 0 Å². The SMILES string of the molecule is Cc1ccc2c(oc3nc(C(C)C)ccc32)c1-c1cc(-c2cccc(F)c2)cc[n+]1C. The summed E-state index contributed by atoms with van der Waals surface area (Å²) in [5.74, 6) is 0.0921. The van der Waals surface area contributed by atoms with Crippen LogP contribution in [0.1, 0.15) is 31.0 Å². The van der Waals surface area contributed by atoms with Gasteiger partial charge in [-0.05, 0) is 53.8 Å². The second kappa shape index (κ2) is 7.31. The van der Waals surface area contributed by atoms with E-state index in [0.717, 1.165) is 50.0 Å². The standard InChI is InChI=1S/C27H24FN2O/c1-16(2)23-11-10-22-21-9-8-17(3)25(26(21)31-27(22)29-23)24-15-19(12-13-30(24)4)18-6-5-7-20(28)14-18/h5-16H,1-4H3/q+1. The van der Waals surface area contributed by atoms with Crippen LogP contribution >= 0.6 is 0 Å². The molecule has 0 aliphatic rings. The Kier molecular flexibility index (Phi) is 4.58. The van der Waals surface area contributed by atoms with Gasteiger partial charge < -0.3 is 4.42 Å². The molecule has 0 aliphatic heterocycles. The Morgan fingerprint density at radius 3 is 2.48 bits per heavy atom. The van der Waals surface area contributed by atoms with Crippen LogP contribution in [-0.2, 0) is 7.05 Å². The molecule has 2 aromatic carbocycles. The molecule has 0 radical (unpaired) electrons. The highest BCUT2D eigenvalue weighted by atomic mass is 19.1. The first kappa shape index (κ1) is 19.4. The number of nitrogens with zero attached hydrogens (tertiary/aromatic N) is 2. The molecule has 0 saturated carbocycles. The number of benzene rings is 2. The smallest absolute Gasteiger partial charge is 0.227 e. The average molecular weight is 412 g/mol. The van der Waals surface area contributed by atoms with Gasteiger partial charge in [0.05, 0.1) is 5.56 Å². The van der Waals surface area contributed by atoms with Crippen LogP contribution in [0.5, 0.6) is 0 Å². The molecule has 5 rings (SSSR count). The van der Waals surface area contributed by atoms with Crippen molar-refractivity contribution in [3.05, 3.63) is 83.9 Å². The van der Waals surface area contributed by atoms with Gasteiger partial charge in [0.25, 0.3) is 0 Å². The Bertz CT molecular complexity index is 1450. The van der Waals surface area contributed by atoms with E-state index in [4.69, 9.17) is 9.40 Å². The van der Waals surface area contributed by atoms with Crippen LogP contribution in [0.15, 0.2) is 71.3 Å². The number of rotatable bonds is 3. The van der Waals surface area contributed by atoms with Gasteiger partial charge in [0.15, 0.2) is 11.8 Å². The number of hydrogen-bond donors (Lipinski definition) is 0. The second-order valence-electron chi connectivity index (χ2n) is 8.40. The molecule has 0 unspecified atom stereocenters. The Hall–Kier alpha value is -3.53. The Morgan fingerprint density at radius 2 is 1.71 bits per heavy atom. The number of halogens is 1. The molecule has 31 heavy (non-hydrogen) atoms. The quantitative estimate of drug-likeness (QED) is 0.309. The van der Waals surface area contributed by atoms with E-state index in [1.807, 2.05) is 25.4 Å². The van der Waals surface area contributed by atoms with E-state index in [9.17, 15) is 4.39 Å². The molecule has 3 heterocycles. The number of hydrogen-bond acceptors (Lipinski definition) is 2. The zero-order chi connectivity index (χ0) is 21.7. The van der Waals surface area contributed by atoms with Crippen molar-refractivity contribution < 1.29 is 13.4 Å². The molecule has 0 atom stereocenters. The summed E-state index contributed by atoms with van der Waals surface area (Å²) in [6.45, 7) is 6.35. The van der Waals surface area contributed by atoms with Gasteiger partial charge in [0.1, 0.15) is 12.9 Å². The summed E-state index contributed by atoms with van der Waals surface area (Å²) in [7, 11) is 2.01. The molecule has 3 nitrogen and oxygen atoms in total. The lowest BCUT2D eigenvalue weighted by Crippen LogP contribution is -2.30. The van der Waals surface area contributed by atoms with Gasteiger partial charge in [0, 0.05) is 28.6 Å². The fraction of sp³-hybridized carbons (Fsp3) is 0.185. The molecule has 0 spiro atoms. The van der Waals surface area contributed by atoms with E-state index in [1.54, 1.807) is 12.1 Å². The fourth-order valence-corrected chi connectivity index (χ4v) is 4.14. The summed E-state index contributed by atoms with van der Waals surface area (Å²) in [6, 6.07) is 19.2. The highest BCUT2D eigenvalue weighted by molar-refractivity contribution is 6.08. The summed E-state index contributed by atoms with van der Waals surface area (Å²) in [6.07, 6.45) is 2.01. The average Bonchev–Trinajstić information content (AvgIpc) is 3.12. The lowest BCUT2D eigenvalue weighted by Gasteiger charge is -2.08. The van der Waals surface area contributed by atoms with Crippen molar-refractivity contribution in [2.45, 2.75) is 26.7 Å². The summed E-state index contributed by atoms with van der Waals surface area (Å²) in [5.41, 5.74) is 7.47. The van der Waals surface area contributed by atoms with Crippen molar-refractivity contribution in [1.82, 2.24) is 4.98 Å². The molecule has 4 heteroatoms. The minimum atomic E-state index is -0.241. The van der Waals surface area contributed by atoms with Crippen molar-refractivity contribution in [2.24, 2.45) is 7.05 Å². The molecule has 3 aromatic heterocycles. The van der Waals surface area contributed by atoms with Gasteiger partial charge in [-0.1, -0.05) is 38.1 Å². The monoisotopic (exact) mass is 411 g/mol. The first-order valence-electron chi connectivity index (χ1n) is 10.5. The maximum Gasteiger partial charge on any atom is 0.227 e. The predicted molar refractivity (Wildman–Crippen MR) is 122 cm³/mol. The molecule has 154 valence electrons. The van der Waals surface area contributed by atoms with Gasteiger partial charge in [-0.3, -0.25) is 0 Å². The Morgan fingerprint density at radius 1 is 0.935 bits per heavy atom. The summed E-state index contributed by atoms with van der Waals surface area (Å²) in [4.78, 5) is 4.76. The third kappa shape index (κ3) is 3.28. The van der Waals surface area contributed by atoms with Crippen LogP contribution in [0.4, 0.5) is 4.39 Å². The Balaban J connectivity index is 1.77. The largest absolute Gasteiger partial charge is 0.437 e. The minimum absolute atomic E-state index is 0.241.